The average molecular weight is 451 g/mol. The maximum absolute atomic E-state index is 13.0. The number of carboxylic acid groups (broad SMARTS) is 1. The summed E-state index contributed by atoms with van der Waals surface area (Å²) in [5, 5.41) is 11.3. The Bertz CT molecular complexity index is 1120. The number of carbonyl (C=O) groups excluding carboxylic acids is 1. The Morgan fingerprint density at radius 1 is 1.18 bits per heavy atom. The third-order valence-corrected chi connectivity index (χ3v) is 6.59. The molecule has 174 valence electrons. The number of benzene rings is 2. The van der Waals surface area contributed by atoms with Gasteiger partial charge < -0.3 is 19.2 Å². The molecule has 1 N–H and O–H groups in total. The fourth-order valence-electron chi connectivity index (χ4n) is 5.00. The first kappa shape index (κ1) is 22.9. The summed E-state index contributed by atoms with van der Waals surface area (Å²) in [6.07, 6.45) is 2.49. The van der Waals surface area contributed by atoms with Crippen LogP contribution in [-0.4, -0.2) is 60.6 Å². The summed E-state index contributed by atoms with van der Waals surface area (Å²) < 4.78 is 10.8. The minimum Gasteiger partial charge on any atom is -0.497 e. The predicted molar refractivity (Wildman–Crippen MR) is 125 cm³/mol. The molecule has 3 aromatic rings. The molecule has 1 saturated heterocycles. The maximum Gasteiger partial charge on any atom is 0.309 e. The van der Waals surface area contributed by atoms with Gasteiger partial charge in [0.05, 0.1) is 25.8 Å². The van der Waals surface area contributed by atoms with E-state index in [9.17, 15) is 14.7 Å². The Kier molecular flexibility index (Phi) is 6.70. The number of amides is 1. The normalized spacial score (nSPS) is 20.8. The van der Waals surface area contributed by atoms with Crippen molar-refractivity contribution in [1.82, 2.24) is 9.80 Å². The van der Waals surface area contributed by atoms with E-state index in [1.165, 1.54) is 0 Å². The highest BCUT2D eigenvalue weighted by molar-refractivity contribution is 5.84. The number of ether oxygens (including phenoxy) is 1. The number of methoxy groups -OCH3 is 1. The minimum atomic E-state index is -0.877. The van der Waals surface area contributed by atoms with Gasteiger partial charge in [-0.05, 0) is 41.8 Å². The quantitative estimate of drug-likeness (QED) is 0.555. The van der Waals surface area contributed by atoms with Crippen LogP contribution < -0.4 is 4.74 Å². The molecule has 7 heteroatoms. The number of likely N-dealkylation sites (N-methyl/N-ethyl adjacent to an activating group) is 1. The Balaban J connectivity index is 1.76. The molecule has 1 fully saturated rings. The fraction of sp³-hybridized carbons (Fsp3) is 0.385. The molecule has 0 unspecified atom stereocenters. The Hall–Kier alpha value is -3.32. The lowest BCUT2D eigenvalue weighted by Crippen LogP contribution is -2.39. The maximum atomic E-state index is 13.0. The van der Waals surface area contributed by atoms with Crippen LogP contribution in [0.3, 0.4) is 0 Å². The van der Waals surface area contributed by atoms with E-state index in [-0.39, 0.29) is 18.4 Å². The third kappa shape index (κ3) is 4.46. The molecule has 1 aliphatic rings. The lowest BCUT2D eigenvalue weighted by molar-refractivity contribution is -0.143. The molecule has 1 aromatic heterocycles. The van der Waals surface area contributed by atoms with Crippen LogP contribution in [0, 0.1) is 5.92 Å². The highest BCUT2D eigenvalue weighted by Crippen LogP contribution is 2.47. The monoisotopic (exact) mass is 450 g/mol. The number of rotatable bonds is 8. The van der Waals surface area contributed by atoms with E-state index in [0.717, 1.165) is 28.5 Å². The van der Waals surface area contributed by atoms with Gasteiger partial charge in [-0.3, -0.25) is 14.5 Å². The number of hydrogen-bond acceptors (Lipinski definition) is 5. The van der Waals surface area contributed by atoms with E-state index in [2.05, 4.69) is 0 Å². The molecule has 2 heterocycles. The van der Waals surface area contributed by atoms with Crippen molar-refractivity contribution in [2.24, 2.45) is 5.92 Å². The Morgan fingerprint density at radius 2 is 1.94 bits per heavy atom. The number of carbonyl (C=O) groups is 2. The van der Waals surface area contributed by atoms with Gasteiger partial charge in [-0.15, -0.1) is 0 Å². The largest absolute Gasteiger partial charge is 0.497 e. The fourth-order valence-corrected chi connectivity index (χ4v) is 5.00. The van der Waals surface area contributed by atoms with Gasteiger partial charge >= 0.3 is 5.97 Å². The summed E-state index contributed by atoms with van der Waals surface area (Å²) in [6.45, 7) is 3.32. The zero-order chi connectivity index (χ0) is 23.5. The second kappa shape index (κ2) is 9.67. The number of nitrogens with zero attached hydrogens (tertiary/aromatic N) is 2. The van der Waals surface area contributed by atoms with Crippen LogP contribution in [-0.2, 0) is 9.59 Å². The van der Waals surface area contributed by atoms with Crippen LogP contribution >= 0.6 is 0 Å². The summed E-state index contributed by atoms with van der Waals surface area (Å²) in [5.74, 6) is -1.20. The van der Waals surface area contributed by atoms with Crippen molar-refractivity contribution in [3.8, 4) is 5.75 Å². The second-order valence-corrected chi connectivity index (χ2v) is 8.61. The molecule has 0 radical (unpaired) electrons. The number of hydrogen-bond donors (Lipinski definition) is 1. The average Bonchev–Trinajstić information content (AvgIpc) is 3.44. The van der Waals surface area contributed by atoms with Crippen LogP contribution in [0.1, 0.15) is 36.4 Å². The lowest BCUT2D eigenvalue weighted by atomic mass is 9.82. The van der Waals surface area contributed by atoms with Gasteiger partial charge in [0.2, 0.25) is 5.91 Å². The predicted octanol–water partition coefficient (Wildman–Crippen LogP) is 4.15. The Morgan fingerprint density at radius 3 is 2.61 bits per heavy atom. The van der Waals surface area contributed by atoms with E-state index < -0.39 is 17.9 Å². The van der Waals surface area contributed by atoms with Crippen molar-refractivity contribution in [2.75, 3.05) is 33.8 Å². The topological polar surface area (TPSA) is 83.2 Å². The van der Waals surface area contributed by atoms with Crippen molar-refractivity contribution in [1.29, 1.82) is 0 Å². The van der Waals surface area contributed by atoms with E-state index in [1.807, 2.05) is 60.4 Å². The lowest BCUT2D eigenvalue weighted by Gasteiger charge is -2.28. The van der Waals surface area contributed by atoms with Crippen molar-refractivity contribution < 1.29 is 23.8 Å². The minimum absolute atomic E-state index is 0.0123. The summed E-state index contributed by atoms with van der Waals surface area (Å²) >= 11 is 0. The first-order chi connectivity index (χ1) is 15.9. The van der Waals surface area contributed by atoms with Crippen LogP contribution in [0.2, 0.25) is 0 Å². The zero-order valence-electron chi connectivity index (χ0n) is 19.2. The summed E-state index contributed by atoms with van der Waals surface area (Å²) in [7, 11) is 3.39. The first-order valence-electron chi connectivity index (χ1n) is 11.3. The summed E-state index contributed by atoms with van der Waals surface area (Å²) in [5.41, 5.74) is 2.52. The molecular formula is C26H30N2O5. The van der Waals surface area contributed by atoms with Gasteiger partial charge in [-0.25, -0.2) is 0 Å². The molecule has 2 aromatic carbocycles. The number of furan rings is 1. The number of carboxylic acids is 1. The first-order valence-corrected chi connectivity index (χ1v) is 11.3. The zero-order valence-corrected chi connectivity index (χ0v) is 19.2. The second-order valence-electron chi connectivity index (χ2n) is 8.61. The van der Waals surface area contributed by atoms with Crippen LogP contribution in [0.25, 0.3) is 11.0 Å². The van der Waals surface area contributed by atoms with Gasteiger partial charge in [0.15, 0.2) is 0 Å². The molecule has 0 aliphatic carbocycles. The third-order valence-electron chi connectivity index (χ3n) is 6.59. The van der Waals surface area contributed by atoms with Gasteiger partial charge in [-0.2, -0.15) is 0 Å². The van der Waals surface area contributed by atoms with Crippen LogP contribution in [0.15, 0.2) is 59.2 Å². The number of likely N-dealkylation sites (tertiary alicyclic amines) is 1. The van der Waals surface area contributed by atoms with E-state index in [0.29, 0.717) is 18.8 Å². The van der Waals surface area contributed by atoms with Gasteiger partial charge in [0.25, 0.3) is 0 Å². The van der Waals surface area contributed by atoms with Crippen LogP contribution in [0.4, 0.5) is 0 Å². The molecule has 1 amide bonds. The molecule has 0 bridgehead atoms. The number of aliphatic carboxylic acids is 1. The molecule has 3 atom stereocenters. The van der Waals surface area contributed by atoms with Gasteiger partial charge in [0, 0.05) is 37.5 Å². The van der Waals surface area contributed by atoms with E-state index in [1.54, 1.807) is 25.3 Å². The highest BCUT2D eigenvalue weighted by Gasteiger charge is 2.48. The van der Waals surface area contributed by atoms with Gasteiger partial charge in [-0.1, -0.05) is 31.2 Å². The summed E-state index contributed by atoms with van der Waals surface area (Å²) in [4.78, 5) is 29.3. The van der Waals surface area contributed by atoms with E-state index >= 15 is 0 Å². The SMILES string of the molecule is CCCN(C)C(=O)CN1C[C@H](c2cccc3occc23)[C@@H](C(=O)O)[C@@H]1c1ccc(OC)cc1. The Labute approximate surface area is 193 Å². The molecule has 7 nitrogen and oxygen atoms in total. The molecule has 1 aliphatic heterocycles. The molecular weight excluding hydrogens is 420 g/mol. The smallest absolute Gasteiger partial charge is 0.309 e. The van der Waals surface area contributed by atoms with Gasteiger partial charge in [0.1, 0.15) is 11.3 Å². The van der Waals surface area contributed by atoms with Crippen LogP contribution in [0.5, 0.6) is 5.75 Å². The summed E-state index contributed by atoms with van der Waals surface area (Å²) in [6, 6.07) is 14.6. The molecule has 0 spiro atoms. The van der Waals surface area contributed by atoms with Crippen molar-refractivity contribution >= 4 is 22.8 Å². The van der Waals surface area contributed by atoms with Crippen molar-refractivity contribution in [3.63, 3.8) is 0 Å². The van der Waals surface area contributed by atoms with E-state index in [4.69, 9.17) is 9.15 Å². The molecule has 33 heavy (non-hydrogen) atoms. The highest BCUT2D eigenvalue weighted by atomic mass is 16.5. The standard InChI is InChI=1S/C26H30N2O5/c1-4-13-27(2)23(29)16-28-15-21(19-6-5-7-22-20(19)12-14-33-22)24(26(30)31)25(28)17-8-10-18(32-3)11-9-17/h5-12,14,21,24-25H,4,13,15-16H2,1-3H3,(H,30,31)/t21-,24-,25+/m1/s1. The molecule has 4 rings (SSSR count). The van der Waals surface area contributed by atoms with Crippen molar-refractivity contribution in [3.05, 3.63) is 65.9 Å². The molecule has 0 saturated carbocycles. The number of fused-ring (bicyclic) bond motifs is 1. The van der Waals surface area contributed by atoms with Crippen molar-refractivity contribution in [2.45, 2.75) is 25.3 Å².